The fourth-order valence-electron chi connectivity index (χ4n) is 1.39. The van der Waals surface area contributed by atoms with Crippen molar-refractivity contribution in [3.05, 3.63) is 23.2 Å². The Balaban J connectivity index is 2.60. The van der Waals surface area contributed by atoms with Gasteiger partial charge in [0.15, 0.2) is 0 Å². The summed E-state index contributed by atoms with van der Waals surface area (Å²) in [7, 11) is -3.54. The predicted molar refractivity (Wildman–Crippen MR) is 72.0 cm³/mol. The van der Waals surface area contributed by atoms with Crippen LogP contribution >= 0.6 is 11.6 Å². The monoisotopic (exact) mass is 292 g/mol. The highest BCUT2D eigenvalue weighted by Crippen LogP contribution is 2.21. The van der Waals surface area contributed by atoms with Gasteiger partial charge in [-0.2, -0.15) is 0 Å². The molecule has 0 aliphatic carbocycles. The van der Waals surface area contributed by atoms with Crippen molar-refractivity contribution >= 4 is 27.3 Å². The minimum atomic E-state index is -3.54. The second-order valence-corrected chi connectivity index (χ2v) is 6.04. The number of aliphatic hydroxyl groups excluding tert-OH is 1. The number of rotatable bonds is 7. The zero-order valence-corrected chi connectivity index (χ0v) is 11.5. The van der Waals surface area contributed by atoms with Gasteiger partial charge in [-0.05, 0) is 37.5 Å². The number of nitrogens with two attached hydrogens (primary N) is 1. The summed E-state index contributed by atoms with van der Waals surface area (Å²) in [5.74, 6) is 0. The first-order valence-electron chi connectivity index (χ1n) is 5.63. The van der Waals surface area contributed by atoms with Crippen LogP contribution in [0.5, 0.6) is 0 Å². The molecular formula is C11H17ClN2O3S. The third kappa shape index (κ3) is 4.45. The van der Waals surface area contributed by atoms with Crippen LogP contribution in [0.1, 0.15) is 19.3 Å². The summed E-state index contributed by atoms with van der Waals surface area (Å²) in [6, 6.07) is 4.20. The Morgan fingerprint density at radius 3 is 2.61 bits per heavy atom. The van der Waals surface area contributed by atoms with Gasteiger partial charge in [0, 0.05) is 13.2 Å². The lowest BCUT2D eigenvalue weighted by molar-refractivity contribution is 0.283. The van der Waals surface area contributed by atoms with Crippen LogP contribution in [0.3, 0.4) is 0 Å². The van der Waals surface area contributed by atoms with Gasteiger partial charge in [-0.25, -0.2) is 13.1 Å². The Bertz CT molecular complexity index is 491. The lowest BCUT2D eigenvalue weighted by Gasteiger charge is -2.07. The number of hydrogen-bond acceptors (Lipinski definition) is 4. The van der Waals surface area contributed by atoms with Gasteiger partial charge in [-0.1, -0.05) is 11.6 Å². The van der Waals surface area contributed by atoms with Crippen molar-refractivity contribution in [2.45, 2.75) is 24.2 Å². The summed E-state index contributed by atoms with van der Waals surface area (Å²) in [5.41, 5.74) is 5.80. The molecule has 0 atom stereocenters. The largest absolute Gasteiger partial charge is 0.397 e. The first kappa shape index (κ1) is 15.2. The molecule has 7 heteroatoms. The summed E-state index contributed by atoms with van der Waals surface area (Å²) in [6.45, 7) is 0.464. The number of sulfonamides is 1. The molecule has 0 saturated heterocycles. The van der Waals surface area contributed by atoms with E-state index in [1.54, 1.807) is 0 Å². The van der Waals surface area contributed by atoms with Gasteiger partial charge >= 0.3 is 0 Å². The number of aliphatic hydroxyl groups is 1. The first-order valence-corrected chi connectivity index (χ1v) is 7.49. The second-order valence-electron chi connectivity index (χ2n) is 3.87. The smallest absolute Gasteiger partial charge is 0.240 e. The van der Waals surface area contributed by atoms with Crippen LogP contribution in [-0.2, 0) is 10.0 Å². The molecule has 0 bridgehead atoms. The van der Waals surface area contributed by atoms with Gasteiger partial charge in [0.2, 0.25) is 10.0 Å². The van der Waals surface area contributed by atoms with Crippen molar-refractivity contribution in [3.8, 4) is 0 Å². The summed E-state index contributed by atoms with van der Waals surface area (Å²) < 4.78 is 26.2. The molecule has 1 aromatic rings. The Kier molecular flexibility index (Phi) is 5.87. The fourth-order valence-corrected chi connectivity index (χ4v) is 2.62. The Labute approximate surface area is 112 Å². The van der Waals surface area contributed by atoms with Crippen molar-refractivity contribution in [1.29, 1.82) is 0 Å². The molecule has 1 rings (SSSR count). The molecular weight excluding hydrogens is 276 g/mol. The summed E-state index contributed by atoms with van der Waals surface area (Å²) in [5, 5.41) is 8.93. The van der Waals surface area contributed by atoms with E-state index in [2.05, 4.69) is 4.72 Å². The van der Waals surface area contributed by atoms with Gasteiger partial charge in [0.25, 0.3) is 0 Å². The molecule has 0 aliphatic rings. The van der Waals surface area contributed by atoms with Gasteiger partial charge in [0.05, 0.1) is 15.6 Å². The van der Waals surface area contributed by atoms with E-state index in [0.717, 1.165) is 6.42 Å². The molecule has 0 unspecified atom stereocenters. The maximum atomic E-state index is 11.9. The molecule has 18 heavy (non-hydrogen) atoms. The SMILES string of the molecule is Nc1cc(S(=O)(=O)NCCCCCO)ccc1Cl. The highest BCUT2D eigenvalue weighted by atomic mass is 35.5. The molecule has 0 spiro atoms. The second kappa shape index (κ2) is 6.94. The standard InChI is InChI=1S/C11H17ClN2O3S/c12-10-5-4-9(8-11(10)13)18(16,17)14-6-2-1-3-7-15/h4-5,8,14-15H,1-3,6-7,13H2. The minimum Gasteiger partial charge on any atom is -0.397 e. The van der Waals surface area contributed by atoms with Crippen LogP contribution in [0.15, 0.2) is 23.1 Å². The maximum Gasteiger partial charge on any atom is 0.240 e. The highest BCUT2D eigenvalue weighted by Gasteiger charge is 2.14. The van der Waals surface area contributed by atoms with Gasteiger partial charge < -0.3 is 10.8 Å². The molecule has 0 aliphatic heterocycles. The molecule has 4 N–H and O–H groups in total. The van der Waals surface area contributed by atoms with Gasteiger partial charge in [-0.3, -0.25) is 0 Å². The van der Waals surface area contributed by atoms with E-state index in [1.165, 1.54) is 18.2 Å². The number of halogens is 1. The minimum absolute atomic E-state index is 0.103. The summed E-state index contributed by atoms with van der Waals surface area (Å²) in [4.78, 5) is 0.103. The molecule has 0 saturated carbocycles. The maximum absolute atomic E-state index is 11.9. The van der Waals surface area contributed by atoms with E-state index in [-0.39, 0.29) is 17.2 Å². The average Bonchev–Trinajstić information content (AvgIpc) is 2.32. The normalized spacial score (nSPS) is 11.7. The van der Waals surface area contributed by atoms with E-state index in [4.69, 9.17) is 22.4 Å². The number of hydrogen-bond donors (Lipinski definition) is 3. The Hall–Kier alpha value is -0.820. The number of benzene rings is 1. The van der Waals surface area contributed by atoms with Crippen LogP contribution in [0.25, 0.3) is 0 Å². The molecule has 0 fully saturated rings. The Morgan fingerprint density at radius 1 is 1.28 bits per heavy atom. The van der Waals surface area contributed by atoms with Crippen LogP contribution in [0.4, 0.5) is 5.69 Å². The molecule has 102 valence electrons. The van der Waals surface area contributed by atoms with Crippen LogP contribution in [0, 0.1) is 0 Å². The van der Waals surface area contributed by atoms with Crippen LogP contribution in [0.2, 0.25) is 5.02 Å². The molecule has 1 aromatic carbocycles. The van der Waals surface area contributed by atoms with E-state index < -0.39 is 10.0 Å². The van der Waals surface area contributed by atoms with Crippen molar-refractivity contribution in [1.82, 2.24) is 4.72 Å². The van der Waals surface area contributed by atoms with Gasteiger partial charge in [-0.15, -0.1) is 0 Å². The topological polar surface area (TPSA) is 92.4 Å². The summed E-state index contributed by atoms with van der Waals surface area (Å²) in [6.07, 6.45) is 2.14. The number of anilines is 1. The van der Waals surface area contributed by atoms with Crippen LogP contribution in [-0.4, -0.2) is 26.7 Å². The molecule has 0 heterocycles. The third-order valence-electron chi connectivity index (χ3n) is 2.40. The average molecular weight is 293 g/mol. The lowest BCUT2D eigenvalue weighted by atomic mass is 10.2. The number of nitrogens with one attached hydrogen (secondary N) is 1. The lowest BCUT2D eigenvalue weighted by Crippen LogP contribution is -2.24. The third-order valence-corrected chi connectivity index (χ3v) is 4.21. The van der Waals surface area contributed by atoms with E-state index in [9.17, 15) is 8.42 Å². The van der Waals surface area contributed by atoms with E-state index >= 15 is 0 Å². The van der Waals surface area contributed by atoms with Crippen LogP contribution < -0.4 is 10.5 Å². The number of nitrogen functional groups attached to an aromatic ring is 1. The molecule has 0 radical (unpaired) electrons. The number of unbranched alkanes of at least 4 members (excludes halogenated alkanes) is 2. The van der Waals surface area contributed by atoms with E-state index in [1.807, 2.05) is 0 Å². The quantitative estimate of drug-likeness (QED) is 0.523. The van der Waals surface area contributed by atoms with Crippen molar-refractivity contribution < 1.29 is 13.5 Å². The predicted octanol–water partition coefficient (Wildman–Crippen LogP) is 1.36. The van der Waals surface area contributed by atoms with Gasteiger partial charge in [0.1, 0.15) is 0 Å². The highest BCUT2D eigenvalue weighted by molar-refractivity contribution is 7.89. The van der Waals surface area contributed by atoms with Crippen molar-refractivity contribution in [2.24, 2.45) is 0 Å². The van der Waals surface area contributed by atoms with Crippen molar-refractivity contribution in [3.63, 3.8) is 0 Å². The first-order chi connectivity index (χ1) is 8.47. The van der Waals surface area contributed by atoms with Crippen molar-refractivity contribution in [2.75, 3.05) is 18.9 Å². The van der Waals surface area contributed by atoms with E-state index in [0.29, 0.717) is 24.4 Å². The fraction of sp³-hybridized carbons (Fsp3) is 0.455. The molecule has 5 nitrogen and oxygen atoms in total. The molecule has 0 aromatic heterocycles. The zero-order chi connectivity index (χ0) is 13.6. The summed E-state index contributed by atoms with van der Waals surface area (Å²) >= 11 is 5.73. The zero-order valence-electron chi connectivity index (χ0n) is 9.89. The Morgan fingerprint density at radius 2 is 2.00 bits per heavy atom. The molecule has 0 amide bonds.